The van der Waals surface area contributed by atoms with Crippen molar-refractivity contribution in [3.05, 3.63) is 79.0 Å². The lowest BCUT2D eigenvalue weighted by molar-refractivity contribution is 0.487. The third-order valence-corrected chi connectivity index (χ3v) is 4.91. The van der Waals surface area contributed by atoms with Crippen molar-refractivity contribution < 1.29 is 13.2 Å². The number of rotatable bonds is 5. The number of primary sulfonamides is 1. The van der Waals surface area contributed by atoms with Crippen LogP contribution in [0.3, 0.4) is 0 Å². The normalized spacial score (nSPS) is 11.3. The minimum Gasteiger partial charge on any atom is -0.455 e. The maximum absolute atomic E-state index is 11.4. The third kappa shape index (κ3) is 3.93. The monoisotopic (exact) mass is 392 g/mol. The van der Waals surface area contributed by atoms with Gasteiger partial charge in [0.2, 0.25) is 16.0 Å². The fourth-order valence-corrected chi connectivity index (χ4v) is 3.16. The van der Waals surface area contributed by atoms with Gasteiger partial charge in [-0.15, -0.1) is 0 Å². The molecule has 1 aromatic heterocycles. The molecule has 140 valence electrons. The number of hydrogen-bond donors (Lipinski definition) is 2. The first kappa shape index (κ1) is 17.9. The summed E-state index contributed by atoms with van der Waals surface area (Å²) in [4.78, 5) is 8.89. The van der Waals surface area contributed by atoms with Crippen LogP contribution in [0.4, 0.5) is 11.6 Å². The van der Waals surface area contributed by atoms with Crippen LogP contribution in [0.5, 0.6) is 11.5 Å². The van der Waals surface area contributed by atoms with Gasteiger partial charge in [-0.1, -0.05) is 30.3 Å². The summed E-state index contributed by atoms with van der Waals surface area (Å²) in [5, 5.41) is 9.00. The number of para-hydroxylation sites is 2. The van der Waals surface area contributed by atoms with Crippen LogP contribution in [0.1, 0.15) is 0 Å². The van der Waals surface area contributed by atoms with E-state index in [1.807, 2.05) is 48.5 Å². The highest BCUT2D eigenvalue weighted by atomic mass is 32.2. The van der Waals surface area contributed by atoms with Crippen LogP contribution in [0, 0.1) is 0 Å². The van der Waals surface area contributed by atoms with Crippen molar-refractivity contribution in [3.63, 3.8) is 0 Å². The first-order valence-electron chi connectivity index (χ1n) is 8.38. The number of sulfonamides is 1. The minimum atomic E-state index is -3.73. The van der Waals surface area contributed by atoms with Gasteiger partial charge in [0.05, 0.1) is 4.90 Å². The van der Waals surface area contributed by atoms with Crippen molar-refractivity contribution in [1.29, 1.82) is 0 Å². The predicted molar refractivity (Wildman–Crippen MR) is 107 cm³/mol. The molecule has 7 nitrogen and oxygen atoms in total. The average Bonchev–Trinajstić information content (AvgIpc) is 2.69. The van der Waals surface area contributed by atoms with Crippen molar-refractivity contribution in [2.45, 2.75) is 4.90 Å². The van der Waals surface area contributed by atoms with Gasteiger partial charge >= 0.3 is 0 Å². The Kier molecular flexibility index (Phi) is 4.64. The van der Waals surface area contributed by atoms with Gasteiger partial charge in [-0.2, -0.15) is 0 Å². The summed E-state index contributed by atoms with van der Waals surface area (Å²) in [6, 6.07) is 21.1. The van der Waals surface area contributed by atoms with E-state index in [2.05, 4.69) is 15.3 Å². The van der Waals surface area contributed by atoms with E-state index >= 15 is 0 Å². The number of hydrogen-bond acceptors (Lipinski definition) is 6. The highest BCUT2D eigenvalue weighted by molar-refractivity contribution is 7.89. The molecule has 0 aliphatic carbocycles. The number of anilines is 2. The number of aromatic nitrogens is 2. The Hall–Kier alpha value is -3.49. The van der Waals surface area contributed by atoms with Gasteiger partial charge in [0.25, 0.3) is 0 Å². The highest BCUT2D eigenvalue weighted by Crippen LogP contribution is 2.29. The largest absolute Gasteiger partial charge is 0.455 e. The first-order chi connectivity index (χ1) is 13.5. The van der Waals surface area contributed by atoms with E-state index in [4.69, 9.17) is 9.88 Å². The second-order valence-electron chi connectivity index (χ2n) is 6.00. The smallest absolute Gasteiger partial charge is 0.238 e. The summed E-state index contributed by atoms with van der Waals surface area (Å²) in [5.74, 6) is 1.68. The van der Waals surface area contributed by atoms with Crippen LogP contribution in [-0.2, 0) is 10.0 Å². The molecular formula is C20H16N4O3S. The zero-order valence-corrected chi connectivity index (χ0v) is 15.4. The molecule has 0 atom stereocenters. The first-order valence-corrected chi connectivity index (χ1v) is 9.92. The van der Waals surface area contributed by atoms with Crippen LogP contribution in [0.2, 0.25) is 0 Å². The van der Waals surface area contributed by atoms with Gasteiger partial charge in [0.15, 0.2) is 5.75 Å². The van der Waals surface area contributed by atoms with E-state index in [1.54, 1.807) is 18.3 Å². The standard InChI is InChI=1S/C20H16N4O3S/c21-28(25,26)17-11-9-15(10-12-17)23-20-22-13-14-5-4-8-18(19(14)24-20)27-16-6-2-1-3-7-16/h1-13H,(H2,21,25,26)(H,22,23,24). The second-order valence-corrected chi connectivity index (χ2v) is 7.56. The number of nitrogens with two attached hydrogens (primary N) is 1. The lowest BCUT2D eigenvalue weighted by Crippen LogP contribution is -2.11. The van der Waals surface area contributed by atoms with Crippen LogP contribution >= 0.6 is 0 Å². The Balaban J connectivity index is 1.64. The molecule has 4 rings (SSSR count). The van der Waals surface area contributed by atoms with Gasteiger partial charge in [0.1, 0.15) is 11.3 Å². The molecule has 0 aliphatic heterocycles. The van der Waals surface area contributed by atoms with Gasteiger partial charge in [-0.3, -0.25) is 0 Å². The fraction of sp³-hybridized carbons (Fsp3) is 0. The topological polar surface area (TPSA) is 107 Å². The molecule has 1 heterocycles. The maximum atomic E-state index is 11.4. The molecule has 3 N–H and O–H groups in total. The molecular weight excluding hydrogens is 376 g/mol. The number of ether oxygens (including phenoxy) is 1. The molecule has 8 heteroatoms. The summed E-state index contributed by atoms with van der Waals surface area (Å²) in [7, 11) is -3.73. The second kappa shape index (κ2) is 7.26. The minimum absolute atomic E-state index is 0.0380. The summed E-state index contributed by atoms with van der Waals surface area (Å²) in [6.07, 6.45) is 1.70. The average molecular weight is 392 g/mol. The molecule has 0 fully saturated rings. The Labute approximate surface area is 161 Å². The van der Waals surface area contributed by atoms with Gasteiger partial charge in [-0.25, -0.2) is 23.5 Å². The molecule has 0 spiro atoms. The molecule has 4 aromatic rings. The number of nitrogens with zero attached hydrogens (tertiary/aromatic N) is 2. The molecule has 28 heavy (non-hydrogen) atoms. The van der Waals surface area contributed by atoms with Gasteiger partial charge in [-0.05, 0) is 42.5 Å². The van der Waals surface area contributed by atoms with E-state index < -0.39 is 10.0 Å². The summed E-state index contributed by atoms with van der Waals surface area (Å²) in [5.41, 5.74) is 1.29. The Morgan fingerprint density at radius 3 is 2.36 bits per heavy atom. The van der Waals surface area contributed by atoms with Crippen molar-refractivity contribution >= 4 is 32.6 Å². The lowest BCUT2D eigenvalue weighted by Gasteiger charge is -2.10. The van der Waals surface area contributed by atoms with Crippen LogP contribution in [0.25, 0.3) is 10.9 Å². The molecule has 0 saturated carbocycles. The molecule has 0 radical (unpaired) electrons. The number of nitrogens with one attached hydrogen (secondary N) is 1. The Morgan fingerprint density at radius 1 is 0.893 bits per heavy atom. The predicted octanol–water partition coefficient (Wildman–Crippen LogP) is 3.81. The SMILES string of the molecule is NS(=O)(=O)c1ccc(Nc2ncc3cccc(Oc4ccccc4)c3n2)cc1. The van der Waals surface area contributed by atoms with E-state index in [1.165, 1.54) is 12.1 Å². The van der Waals surface area contributed by atoms with Crippen molar-refractivity contribution in [2.24, 2.45) is 5.14 Å². The molecule has 0 amide bonds. The van der Waals surface area contributed by atoms with E-state index in [0.717, 1.165) is 5.39 Å². The maximum Gasteiger partial charge on any atom is 0.238 e. The van der Waals surface area contributed by atoms with Crippen molar-refractivity contribution in [3.8, 4) is 11.5 Å². The zero-order chi connectivity index (χ0) is 19.6. The van der Waals surface area contributed by atoms with Crippen molar-refractivity contribution in [1.82, 2.24) is 9.97 Å². The van der Waals surface area contributed by atoms with E-state index in [0.29, 0.717) is 28.7 Å². The van der Waals surface area contributed by atoms with Crippen LogP contribution in [-0.4, -0.2) is 18.4 Å². The molecule has 0 saturated heterocycles. The lowest BCUT2D eigenvalue weighted by atomic mass is 10.2. The fourth-order valence-electron chi connectivity index (χ4n) is 2.64. The molecule has 0 unspecified atom stereocenters. The molecule has 3 aromatic carbocycles. The Bertz CT molecular complexity index is 1230. The van der Waals surface area contributed by atoms with Crippen LogP contribution in [0.15, 0.2) is 83.9 Å². The summed E-state index contributed by atoms with van der Waals surface area (Å²) >= 11 is 0. The van der Waals surface area contributed by atoms with Crippen LogP contribution < -0.4 is 15.2 Å². The van der Waals surface area contributed by atoms with E-state index in [9.17, 15) is 8.42 Å². The van der Waals surface area contributed by atoms with Gasteiger partial charge in [0, 0.05) is 17.3 Å². The zero-order valence-electron chi connectivity index (χ0n) is 14.6. The number of fused-ring (bicyclic) bond motifs is 1. The Morgan fingerprint density at radius 2 is 1.64 bits per heavy atom. The summed E-state index contributed by atoms with van der Waals surface area (Å²) < 4.78 is 28.7. The number of benzene rings is 3. The van der Waals surface area contributed by atoms with Crippen molar-refractivity contribution in [2.75, 3.05) is 5.32 Å². The van der Waals surface area contributed by atoms with E-state index in [-0.39, 0.29) is 4.90 Å². The highest BCUT2D eigenvalue weighted by Gasteiger charge is 2.09. The quantitative estimate of drug-likeness (QED) is 0.535. The third-order valence-electron chi connectivity index (χ3n) is 3.98. The molecule has 0 aliphatic rings. The molecule has 0 bridgehead atoms. The summed E-state index contributed by atoms with van der Waals surface area (Å²) in [6.45, 7) is 0. The van der Waals surface area contributed by atoms with Gasteiger partial charge < -0.3 is 10.1 Å².